The summed E-state index contributed by atoms with van der Waals surface area (Å²) < 4.78 is 6.44. The van der Waals surface area contributed by atoms with Crippen molar-refractivity contribution in [2.45, 2.75) is 4.90 Å². The van der Waals surface area contributed by atoms with E-state index in [1.165, 1.54) is 11.8 Å². The number of thioether (sulfide) groups is 1. The van der Waals surface area contributed by atoms with Crippen LogP contribution in [0.3, 0.4) is 0 Å². The van der Waals surface area contributed by atoms with E-state index in [-0.39, 0.29) is 5.78 Å². The van der Waals surface area contributed by atoms with Crippen molar-refractivity contribution in [3.05, 3.63) is 64.8 Å². The predicted molar refractivity (Wildman–Crippen MR) is 85.4 cm³/mol. The van der Waals surface area contributed by atoms with Gasteiger partial charge in [-0.05, 0) is 30.3 Å². The van der Waals surface area contributed by atoms with Crippen LogP contribution in [-0.2, 0) is 0 Å². The Morgan fingerprint density at radius 3 is 2.65 bits per heavy atom. The SMILES string of the molecule is O=C(CSc1ccc(Br)cc1)c1coc2ccccc12. The first-order chi connectivity index (χ1) is 9.74. The van der Waals surface area contributed by atoms with Crippen LogP contribution < -0.4 is 0 Å². The minimum absolute atomic E-state index is 0.0860. The summed E-state index contributed by atoms with van der Waals surface area (Å²) in [6.45, 7) is 0. The van der Waals surface area contributed by atoms with Crippen molar-refractivity contribution in [1.82, 2.24) is 0 Å². The first-order valence-corrected chi connectivity index (χ1v) is 7.90. The topological polar surface area (TPSA) is 30.2 Å². The summed E-state index contributed by atoms with van der Waals surface area (Å²) >= 11 is 4.93. The Balaban J connectivity index is 1.75. The molecule has 0 spiro atoms. The van der Waals surface area contributed by atoms with Gasteiger partial charge in [-0.2, -0.15) is 0 Å². The Hall–Kier alpha value is -1.52. The molecule has 0 atom stereocenters. The number of halogens is 1. The van der Waals surface area contributed by atoms with Crippen molar-refractivity contribution in [1.29, 1.82) is 0 Å². The molecule has 0 aliphatic carbocycles. The van der Waals surface area contributed by atoms with Crippen LogP contribution in [0.2, 0.25) is 0 Å². The minimum Gasteiger partial charge on any atom is -0.464 e. The molecule has 0 aliphatic heterocycles. The lowest BCUT2D eigenvalue weighted by molar-refractivity contribution is 0.102. The van der Waals surface area contributed by atoms with Crippen LogP contribution in [0.4, 0.5) is 0 Å². The predicted octanol–water partition coefficient (Wildman–Crippen LogP) is 5.17. The molecule has 3 rings (SSSR count). The number of rotatable bonds is 4. The summed E-state index contributed by atoms with van der Waals surface area (Å²) in [5, 5.41) is 0.883. The van der Waals surface area contributed by atoms with E-state index in [1.807, 2.05) is 48.5 Å². The molecule has 0 bridgehead atoms. The van der Waals surface area contributed by atoms with E-state index in [0.717, 1.165) is 20.3 Å². The van der Waals surface area contributed by atoms with Crippen molar-refractivity contribution in [2.75, 3.05) is 5.75 Å². The van der Waals surface area contributed by atoms with Crippen molar-refractivity contribution in [2.24, 2.45) is 0 Å². The van der Waals surface area contributed by atoms with Gasteiger partial charge in [0.25, 0.3) is 0 Å². The average molecular weight is 347 g/mol. The van der Waals surface area contributed by atoms with Crippen LogP contribution in [0.15, 0.2) is 68.6 Å². The lowest BCUT2D eigenvalue weighted by Gasteiger charge is -2.00. The number of hydrogen-bond donors (Lipinski definition) is 0. The zero-order valence-corrected chi connectivity index (χ0v) is 12.9. The monoisotopic (exact) mass is 346 g/mol. The van der Waals surface area contributed by atoms with Gasteiger partial charge in [0.15, 0.2) is 5.78 Å². The highest BCUT2D eigenvalue weighted by atomic mass is 79.9. The van der Waals surface area contributed by atoms with Gasteiger partial charge in [0, 0.05) is 14.8 Å². The number of Topliss-reactive ketones (excluding diaryl/α,β-unsaturated/α-hetero) is 1. The largest absolute Gasteiger partial charge is 0.464 e. The van der Waals surface area contributed by atoms with E-state index in [9.17, 15) is 4.79 Å². The Morgan fingerprint density at radius 1 is 1.10 bits per heavy atom. The van der Waals surface area contributed by atoms with Gasteiger partial charge in [-0.1, -0.05) is 34.1 Å². The zero-order valence-electron chi connectivity index (χ0n) is 10.5. The second-order valence-corrected chi connectivity index (χ2v) is 6.28. The number of carbonyl (C=O) groups excluding carboxylic acids is 1. The molecule has 0 saturated carbocycles. The quantitative estimate of drug-likeness (QED) is 0.482. The van der Waals surface area contributed by atoms with Crippen LogP contribution in [0.1, 0.15) is 10.4 Å². The normalized spacial score (nSPS) is 10.8. The molecule has 100 valence electrons. The maximum Gasteiger partial charge on any atom is 0.176 e. The maximum atomic E-state index is 12.3. The molecule has 0 N–H and O–H groups in total. The fourth-order valence-electron chi connectivity index (χ4n) is 1.95. The molecule has 2 aromatic carbocycles. The van der Waals surface area contributed by atoms with Crippen molar-refractivity contribution in [3.8, 4) is 0 Å². The van der Waals surface area contributed by atoms with Crippen molar-refractivity contribution < 1.29 is 9.21 Å². The minimum atomic E-state index is 0.0860. The van der Waals surface area contributed by atoms with E-state index < -0.39 is 0 Å². The summed E-state index contributed by atoms with van der Waals surface area (Å²) in [6, 6.07) is 15.5. The summed E-state index contributed by atoms with van der Waals surface area (Å²) in [5.74, 6) is 0.494. The Morgan fingerprint density at radius 2 is 1.85 bits per heavy atom. The van der Waals surface area contributed by atoms with E-state index in [0.29, 0.717) is 11.3 Å². The van der Waals surface area contributed by atoms with Gasteiger partial charge in [0.2, 0.25) is 0 Å². The molecule has 0 aliphatic rings. The number of para-hydroxylation sites is 1. The first kappa shape index (κ1) is 13.5. The number of furan rings is 1. The van der Waals surface area contributed by atoms with Gasteiger partial charge < -0.3 is 4.42 Å². The fraction of sp³-hybridized carbons (Fsp3) is 0.0625. The van der Waals surface area contributed by atoms with Gasteiger partial charge in [-0.3, -0.25) is 4.79 Å². The third-order valence-electron chi connectivity index (χ3n) is 2.96. The molecule has 0 fully saturated rings. The molecule has 0 amide bonds. The van der Waals surface area contributed by atoms with E-state index in [2.05, 4.69) is 15.9 Å². The van der Waals surface area contributed by atoms with Crippen LogP contribution in [0.5, 0.6) is 0 Å². The Kier molecular flexibility index (Phi) is 3.94. The van der Waals surface area contributed by atoms with E-state index in [1.54, 1.807) is 6.26 Å². The first-order valence-electron chi connectivity index (χ1n) is 6.12. The number of hydrogen-bond acceptors (Lipinski definition) is 3. The van der Waals surface area contributed by atoms with Crippen LogP contribution >= 0.6 is 27.7 Å². The van der Waals surface area contributed by atoms with Crippen molar-refractivity contribution >= 4 is 44.4 Å². The number of ketones is 1. The summed E-state index contributed by atoms with van der Waals surface area (Å²) in [5.41, 5.74) is 1.41. The maximum absolute atomic E-state index is 12.3. The average Bonchev–Trinajstić information content (AvgIpc) is 2.90. The van der Waals surface area contributed by atoms with Crippen molar-refractivity contribution in [3.63, 3.8) is 0 Å². The Labute approximate surface area is 129 Å². The summed E-state index contributed by atoms with van der Waals surface area (Å²) in [7, 11) is 0. The zero-order chi connectivity index (χ0) is 13.9. The van der Waals surface area contributed by atoms with Crippen LogP contribution in [-0.4, -0.2) is 11.5 Å². The second kappa shape index (κ2) is 5.85. The van der Waals surface area contributed by atoms with Gasteiger partial charge in [-0.15, -0.1) is 11.8 Å². The fourth-order valence-corrected chi connectivity index (χ4v) is 3.00. The molecule has 20 heavy (non-hydrogen) atoms. The highest BCUT2D eigenvalue weighted by Gasteiger charge is 2.13. The van der Waals surface area contributed by atoms with Gasteiger partial charge in [0.1, 0.15) is 11.8 Å². The molecule has 2 nitrogen and oxygen atoms in total. The third kappa shape index (κ3) is 2.81. The standard InChI is InChI=1S/C16H11BrO2S/c17-11-5-7-12(8-6-11)20-10-15(18)14-9-19-16-4-2-1-3-13(14)16/h1-9H,10H2. The molecule has 0 saturated heterocycles. The van der Waals surface area contributed by atoms with Crippen LogP contribution in [0, 0.1) is 0 Å². The molecule has 3 aromatic rings. The number of carbonyl (C=O) groups is 1. The third-order valence-corrected chi connectivity index (χ3v) is 4.51. The van der Waals surface area contributed by atoms with Gasteiger partial charge in [0.05, 0.1) is 11.3 Å². The number of fused-ring (bicyclic) bond motifs is 1. The lowest BCUT2D eigenvalue weighted by atomic mass is 10.1. The van der Waals surface area contributed by atoms with Gasteiger partial charge >= 0.3 is 0 Å². The van der Waals surface area contributed by atoms with Gasteiger partial charge in [-0.25, -0.2) is 0 Å². The smallest absolute Gasteiger partial charge is 0.176 e. The number of benzene rings is 2. The summed E-state index contributed by atoms with van der Waals surface area (Å²) in [4.78, 5) is 13.3. The molecule has 1 aromatic heterocycles. The molecular weight excluding hydrogens is 336 g/mol. The molecule has 0 unspecified atom stereocenters. The second-order valence-electron chi connectivity index (χ2n) is 4.31. The van der Waals surface area contributed by atoms with E-state index in [4.69, 9.17) is 4.42 Å². The molecular formula is C16H11BrO2S. The highest BCUT2D eigenvalue weighted by Crippen LogP contribution is 2.25. The highest BCUT2D eigenvalue weighted by molar-refractivity contribution is 9.10. The molecule has 0 radical (unpaired) electrons. The van der Waals surface area contributed by atoms with Crippen LogP contribution in [0.25, 0.3) is 11.0 Å². The molecule has 1 heterocycles. The van der Waals surface area contributed by atoms with E-state index >= 15 is 0 Å². The lowest BCUT2D eigenvalue weighted by Crippen LogP contribution is -2.00. The summed E-state index contributed by atoms with van der Waals surface area (Å²) in [6.07, 6.45) is 1.55. The molecule has 4 heteroatoms. The Bertz CT molecular complexity index is 747.